The van der Waals surface area contributed by atoms with Crippen LogP contribution in [-0.2, 0) is 0 Å². The molecule has 1 saturated heterocycles. The van der Waals surface area contributed by atoms with Crippen LogP contribution in [0, 0.1) is 0 Å². The second-order valence-corrected chi connectivity index (χ2v) is 6.43. The number of hydrogen-bond acceptors (Lipinski definition) is 6. The predicted octanol–water partition coefficient (Wildman–Crippen LogP) is 2.07. The van der Waals surface area contributed by atoms with Crippen LogP contribution in [0.25, 0.3) is 10.9 Å². The number of aromatic nitrogens is 3. The molecular weight excluding hydrogens is 314 g/mol. The Hall–Kier alpha value is -2.57. The molecule has 1 aliphatic heterocycles. The largest absolute Gasteiger partial charge is 0.505 e. The summed E-state index contributed by atoms with van der Waals surface area (Å²) in [6.07, 6.45) is 5.21. The van der Waals surface area contributed by atoms with E-state index in [4.69, 9.17) is 0 Å². The average Bonchev–Trinajstić information content (AvgIpc) is 2.66. The average molecular weight is 335 g/mol. The minimum Gasteiger partial charge on any atom is -0.505 e. The van der Waals surface area contributed by atoms with Crippen molar-refractivity contribution in [2.75, 3.05) is 33.2 Å². The molecule has 4 rings (SSSR count). The molecule has 25 heavy (non-hydrogen) atoms. The van der Waals surface area contributed by atoms with Crippen LogP contribution in [0.4, 0.5) is 0 Å². The van der Waals surface area contributed by atoms with Gasteiger partial charge in [-0.1, -0.05) is 18.2 Å². The number of benzene rings is 1. The van der Waals surface area contributed by atoms with Crippen molar-refractivity contribution in [3.8, 4) is 5.75 Å². The molecule has 1 aliphatic rings. The number of piperazine rings is 1. The van der Waals surface area contributed by atoms with Gasteiger partial charge in [-0.2, -0.15) is 0 Å². The number of likely N-dealkylation sites (N-methyl/N-ethyl adjacent to an activating group) is 1. The fraction of sp³-hybridized carbons (Fsp3) is 0.316. The van der Waals surface area contributed by atoms with E-state index in [1.54, 1.807) is 18.6 Å². The van der Waals surface area contributed by atoms with Crippen molar-refractivity contribution in [2.45, 2.75) is 6.04 Å². The molecule has 0 aliphatic carbocycles. The van der Waals surface area contributed by atoms with E-state index in [1.807, 2.05) is 30.3 Å². The molecule has 1 aromatic carbocycles. The Labute approximate surface area is 146 Å². The topological polar surface area (TPSA) is 65.4 Å². The number of phenolic OH excluding ortho intramolecular Hbond substituents is 1. The number of phenols is 1. The molecular formula is C19H21N5O. The molecule has 128 valence electrons. The summed E-state index contributed by atoms with van der Waals surface area (Å²) in [5, 5.41) is 11.8. The van der Waals surface area contributed by atoms with Gasteiger partial charge in [0.15, 0.2) is 0 Å². The highest BCUT2D eigenvalue weighted by atomic mass is 16.3. The Kier molecular flexibility index (Phi) is 4.29. The number of nitrogens with zero attached hydrogens (tertiary/aromatic N) is 5. The quantitative estimate of drug-likeness (QED) is 0.790. The van der Waals surface area contributed by atoms with Gasteiger partial charge in [0.1, 0.15) is 17.1 Å². The molecule has 1 atom stereocenters. The van der Waals surface area contributed by atoms with Crippen LogP contribution in [0.15, 0.2) is 48.9 Å². The minimum absolute atomic E-state index is 0.179. The molecule has 6 nitrogen and oxygen atoms in total. The van der Waals surface area contributed by atoms with Crippen molar-refractivity contribution in [1.82, 2.24) is 24.8 Å². The third kappa shape index (κ3) is 3.06. The van der Waals surface area contributed by atoms with Gasteiger partial charge in [0.05, 0.1) is 6.04 Å². The smallest absolute Gasteiger partial charge is 0.149 e. The first kappa shape index (κ1) is 15.9. The van der Waals surface area contributed by atoms with Gasteiger partial charge >= 0.3 is 0 Å². The molecule has 3 aromatic rings. The van der Waals surface area contributed by atoms with Crippen LogP contribution in [0.3, 0.4) is 0 Å². The highest BCUT2D eigenvalue weighted by Gasteiger charge is 2.30. The lowest BCUT2D eigenvalue weighted by molar-refractivity contribution is 0.122. The van der Waals surface area contributed by atoms with Gasteiger partial charge in [-0.05, 0) is 19.2 Å². The summed E-state index contributed by atoms with van der Waals surface area (Å²) in [5.74, 6) is 0.923. The van der Waals surface area contributed by atoms with Gasteiger partial charge in [-0.3, -0.25) is 9.88 Å². The third-order valence-corrected chi connectivity index (χ3v) is 4.81. The van der Waals surface area contributed by atoms with E-state index in [9.17, 15) is 5.11 Å². The summed E-state index contributed by atoms with van der Waals surface area (Å²) in [6.45, 7) is 3.77. The predicted molar refractivity (Wildman–Crippen MR) is 96.4 cm³/mol. The van der Waals surface area contributed by atoms with Crippen molar-refractivity contribution in [3.63, 3.8) is 0 Å². The monoisotopic (exact) mass is 335 g/mol. The number of hydrogen-bond donors (Lipinski definition) is 1. The lowest BCUT2D eigenvalue weighted by Crippen LogP contribution is -2.46. The Morgan fingerprint density at radius 2 is 1.64 bits per heavy atom. The minimum atomic E-state index is -0.179. The first-order chi connectivity index (χ1) is 12.2. The molecule has 0 unspecified atom stereocenters. The zero-order valence-corrected chi connectivity index (χ0v) is 14.2. The van der Waals surface area contributed by atoms with Gasteiger partial charge < -0.3 is 10.0 Å². The van der Waals surface area contributed by atoms with Crippen molar-refractivity contribution < 1.29 is 5.11 Å². The van der Waals surface area contributed by atoms with E-state index in [1.165, 1.54) is 0 Å². The number of rotatable bonds is 3. The fourth-order valence-electron chi connectivity index (χ4n) is 3.40. The molecule has 0 amide bonds. The van der Waals surface area contributed by atoms with E-state index in [0.717, 1.165) is 37.1 Å². The van der Waals surface area contributed by atoms with Crippen molar-refractivity contribution in [1.29, 1.82) is 0 Å². The number of pyridine rings is 1. The summed E-state index contributed by atoms with van der Waals surface area (Å²) in [4.78, 5) is 17.9. The summed E-state index contributed by atoms with van der Waals surface area (Å²) < 4.78 is 0. The lowest BCUT2D eigenvalue weighted by atomic mass is 10.00. The van der Waals surface area contributed by atoms with Crippen LogP contribution in [0.2, 0.25) is 0 Å². The molecule has 3 heterocycles. The fourth-order valence-corrected chi connectivity index (χ4v) is 3.40. The van der Waals surface area contributed by atoms with E-state index in [0.29, 0.717) is 11.3 Å². The Bertz CT molecular complexity index is 862. The molecule has 0 radical (unpaired) electrons. The summed E-state index contributed by atoms with van der Waals surface area (Å²) >= 11 is 0. The maximum absolute atomic E-state index is 10.9. The van der Waals surface area contributed by atoms with Crippen LogP contribution >= 0.6 is 0 Å². The second-order valence-electron chi connectivity index (χ2n) is 6.43. The number of aromatic hydroxyl groups is 1. The van der Waals surface area contributed by atoms with Crippen molar-refractivity contribution in [2.24, 2.45) is 0 Å². The molecule has 0 spiro atoms. The Balaban J connectivity index is 1.82. The first-order valence-electron chi connectivity index (χ1n) is 8.50. The third-order valence-electron chi connectivity index (χ3n) is 4.81. The van der Waals surface area contributed by atoms with Crippen molar-refractivity contribution >= 4 is 10.9 Å². The lowest BCUT2D eigenvalue weighted by Gasteiger charge is -2.37. The molecule has 1 N–H and O–H groups in total. The molecule has 0 saturated carbocycles. The van der Waals surface area contributed by atoms with Gasteiger partial charge in [0, 0.05) is 55.7 Å². The highest BCUT2D eigenvalue weighted by molar-refractivity contribution is 5.85. The number of fused-ring (bicyclic) bond motifs is 1. The maximum atomic E-state index is 10.9. The maximum Gasteiger partial charge on any atom is 0.149 e. The summed E-state index contributed by atoms with van der Waals surface area (Å²) in [7, 11) is 2.13. The summed E-state index contributed by atoms with van der Waals surface area (Å²) in [6, 6.07) is 9.44. The first-order valence-corrected chi connectivity index (χ1v) is 8.50. The molecule has 1 fully saturated rings. The summed E-state index contributed by atoms with van der Waals surface area (Å²) in [5.41, 5.74) is 1.43. The van der Waals surface area contributed by atoms with Crippen LogP contribution in [0.1, 0.15) is 17.4 Å². The Morgan fingerprint density at radius 1 is 0.920 bits per heavy atom. The van der Waals surface area contributed by atoms with Gasteiger partial charge in [0.25, 0.3) is 0 Å². The zero-order valence-electron chi connectivity index (χ0n) is 14.2. The molecule has 0 bridgehead atoms. The molecule has 2 aromatic heterocycles. The van der Waals surface area contributed by atoms with E-state index in [-0.39, 0.29) is 11.8 Å². The van der Waals surface area contributed by atoms with Crippen molar-refractivity contribution in [3.05, 3.63) is 60.3 Å². The highest BCUT2D eigenvalue weighted by Crippen LogP contribution is 2.36. The SMILES string of the molecule is CN1CCN([C@H](c2ncccn2)c2ccc3cccnc3c2O)CC1. The Morgan fingerprint density at radius 3 is 2.40 bits per heavy atom. The van der Waals surface area contributed by atoms with Crippen LogP contribution < -0.4 is 0 Å². The van der Waals surface area contributed by atoms with E-state index < -0.39 is 0 Å². The van der Waals surface area contributed by atoms with Gasteiger partial charge in [-0.25, -0.2) is 9.97 Å². The van der Waals surface area contributed by atoms with Crippen LogP contribution in [0.5, 0.6) is 5.75 Å². The normalized spacial score (nSPS) is 17.6. The van der Waals surface area contributed by atoms with Crippen LogP contribution in [-0.4, -0.2) is 63.1 Å². The van der Waals surface area contributed by atoms with E-state index in [2.05, 4.69) is 31.8 Å². The standard InChI is InChI=1S/C19H21N5O/c1-23-10-12-24(13-11-23)17(19-21-8-3-9-22-19)15-6-5-14-4-2-7-20-16(14)18(15)25/h2-9,17,25H,10-13H2,1H3/t17-/m0/s1. The zero-order chi connectivity index (χ0) is 17.2. The van der Waals surface area contributed by atoms with Gasteiger partial charge in [-0.15, -0.1) is 0 Å². The van der Waals surface area contributed by atoms with E-state index >= 15 is 0 Å². The second kappa shape index (κ2) is 6.74. The molecule has 6 heteroatoms. The van der Waals surface area contributed by atoms with Gasteiger partial charge in [0.2, 0.25) is 0 Å².